The molecule has 0 aromatic rings. The third kappa shape index (κ3) is 5.50. The van der Waals surface area contributed by atoms with Gasteiger partial charge in [-0.05, 0) is 6.42 Å². The molecule has 0 aliphatic rings. The first-order valence-corrected chi connectivity index (χ1v) is 5.14. The van der Waals surface area contributed by atoms with Crippen LogP contribution in [0.15, 0.2) is 0 Å². The monoisotopic (exact) mass is 242 g/mol. The molecule has 0 amide bonds. The van der Waals surface area contributed by atoms with Gasteiger partial charge in [-0.2, -0.15) is 0 Å². The van der Waals surface area contributed by atoms with Crippen LogP contribution in [0.2, 0.25) is 0 Å². The highest BCUT2D eigenvalue weighted by Gasteiger charge is 2.14. The van der Waals surface area contributed by atoms with Gasteiger partial charge >= 0.3 is 5.97 Å². The minimum absolute atomic E-state index is 0.336. The zero-order valence-electron chi connectivity index (χ0n) is 6.48. The van der Waals surface area contributed by atoms with E-state index in [9.17, 15) is 4.79 Å². The zero-order valence-corrected chi connectivity index (χ0v) is 8.82. The third-order valence-corrected chi connectivity index (χ3v) is 2.49. The van der Waals surface area contributed by atoms with Crippen LogP contribution in [-0.2, 0) is 9.53 Å². The largest absolute Gasteiger partial charge is 0.465 e. The minimum Gasteiger partial charge on any atom is -0.465 e. The maximum Gasteiger partial charge on any atom is 0.324 e. The van der Waals surface area contributed by atoms with Crippen molar-refractivity contribution >= 4 is 33.5 Å². The molecule has 66 valence electrons. The number of carbonyl (C=O) groups excluding carboxylic acids is 1. The topological polar surface area (TPSA) is 26.3 Å². The molecule has 0 aliphatic heterocycles. The lowest BCUT2D eigenvalue weighted by Crippen LogP contribution is -2.19. The molecule has 0 heterocycles. The normalized spacial score (nSPS) is 12.6. The van der Waals surface area contributed by atoms with Gasteiger partial charge < -0.3 is 4.74 Å². The van der Waals surface area contributed by atoms with Gasteiger partial charge in [0.25, 0.3) is 0 Å². The van der Waals surface area contributed by atoms with Crippen molar-refractivity contribution in [1.82, 2.24) is 0 Å². The zero-order chi connectivity index (χ0) is 8.69. The summed E-state index contributed by atoms with van der Waals surface area (Å²) in [6.07, 6.45) is 1.92. The van der Waals surface area contributed by atoms with Crippen LogP contribution in [0.3, 0.4) is 0 Å². The Morgan fingerprint density at radius 3 is 2.82 bits per heavy atom. The van der Waals surface area contributed by atoms with E-state index in [-0.39, 0.29) is 5.97 Å². The predicted octanol–water partition coefficient (Wildman–Crippen LogP) is 2.33. The molecule has 0 rings (SSSR count). The van der Waals surface area contributed by atoms with Crippen LogP contribution in [0.25, 0.3) is 0 Å². The van der Waals surface area contributed by atoms with Crippen molar-refractivity contribution in [2.45, 2.75) is 25.1 Å². The number of alkyl halides is 2. The Morgan fingerprint density at radius 2 is 2.36 bits per heavy atom. The maximum atomic E-state index is 10.9. The second kappa shape index (κ2) is 6.92. The van der Waals surface area contributed by atoms with Crippen molar-refractivity contribution < 1.29 is 9.53 Å². The van der Waals surface area contributed by atoms with E-state index in [1.807, 2.05) is 6.92 Å². The third-order valence-electron chi connectivity index (χ3n) is 1.13. The fraction of sp³-hybridized carbons (Fsp3) is 0.857. The molecule has 0 saturated heterocycles. The van der Waals surface area contributed by atoms with Crippen LogP contribution < -0.4 is 0 Å². The SMILES string of the molecule is CCCCOC(=O)C(Cl)CBr. The molecule has 0 aliphatic carbocycles. The van der Waals surface area contributed by atoms with Gasteiger partial charge in [-0.3, -0.25) is 4.79 Å². The van der Waals surface area contributed by atoms with Crippen LogP contribution >= 0.6 is 27.5 Å². The van der Waals surface area contributed by atoms with E-state index < -0.39 is 5.38 Å². The van der Waals surface area contributed by atoms with E-state index in [1.165, 1.54) is 0 Å². The summed E-state index contributed by atoms with van der Waals surface area (Å²) in [4.78, 5) is 10.9. The summed E-state index contributed by atoms with van der Waals surface area (Å²) in [5, 5.41) is -0.105. The second-order valence-corrected chi connectivity index (χ2v) is 3.32. The Morgan fingerprint density at radius 1 is 1.73 bits per heavy atom. The highest BCUT2D eigenvalue weighted by molar-refractivity contribution is 9.09. The second-order valence-electron chi connectivity index (χ2n) is 2.14. The van der Waals surface area contributed by atoms with Gasteiger partial charge in [0.15, 0.2) is 0 Å². The number of rotatable bonds is 5. The molecule has 1 unspecified atom stereocenters. The summed E-state index contributed by atoms with van der Waals surface area (Å²) in [6.45, 7) is 2.52. The molecule has 0 saturated carbocycles. The van der Waals surface area contributed by atoms with Crippen molar-refractivity contribution in [3.63, 3.8) is 0 Å². The number of hydrogen-bond donors (Lipinski definition) is 0. The molecule has 0 N–H and O–H groups in total. The molecular formula is C7H12BrClO2. The molecule has 11 heavy (non-hydrogen) atoms. The summed E-state index contributed by atoms with van der Waals surface area (Å²) in [5.41, 5.74) is 0. The number of esters is 1. The molecule has 0 bridgehead atoms. The Balaban J connectivity index is 3.36. The number of carbonyl (C=O) groups is 1. The van der Waals surface area contributed by atoms with Gasteiger partial charge in [-0.25, -0.2) is 0 Å². The Hall–Kier alpha value is 0.240. The number of ether oxygens (including phenoxy) is 1. The number of hydrogen-bond acceptors (Lipinski definition) is 2. The molecule has 4 heteroatoms. The first kappa shape index (κ1) is 11.2. The predicted molar refractivity (Wildman–Crippen MR) is 49.3 cm³/mol. The van der Waals surface area contributed by atoms with Crippen LogP contribution in [-0.4, -0.2) is 23.3 Å². The van der Waals surface area contributed by atoms with E-state index >= 15 is 0 Å². The highest BCUT2D eigenvalue weighted by atomic mass is 79.9. The highest BCUT2D eigenvalue weighted by Crippen LogP contribution is 2.03. The lowest BCUT2D eigenvalue weighted by Gasteiger charge is -2.05. The first-order chi connectivity index (χ1) is 5.22. The van der Waals surface area contributed by atoms with E-state index in [0.717, 1.165) is 12.8 Å². The first-order valence-electron chi connectivity index (χ1n) is 3.59. The van der Waals surface area contributed by atoms with E-state index in [4.69, 9.17) is 16.3 Å². The fourth-order valence-electron chi connectivity index (χ4n) is 0.471. The lowest BCUT2D eigenvalue weighted by atomic mass is 10.4. The molecular weight excluding hydrogens is 231 g/mol. The van der Waals surface area contributed by atoms with E-state index in [1.54, 1.807) is 0 Å². The average molecular weight is 244 g/mol. The Bertz CT molecular complexity index is 119. The molecule has 0 spiro atoms. The van der Waals surface area contributed by atoms with Gasteiger partial charge in [0.05, 0.1) is 6.61 Å². The van der Waals surface area contributed by atoms with Gasteiger partial charge in [-0.15, -0.1) is 11.6 Å². The summed E-state index contributed by atoms with van der Waals surface area (Å²) < 4.78 is 4.83. The van der Waals surface area contributed by atoms with Crippen LogP contribution in [0, 0.1) is 0 Å². The molecule has 2 nitrogen and oxygen atoms in total. The van der Waals surface area contributed by atoms with Crippen LogP contribution in [0.5, 0.6) is 0 Å². The van der Waals surface area contributed by atoms with E-state index in [2.05, 4.69) is 15.9 Å². The molecule has 0 fully saturated rings. The standard InChI is InChI=1S/C7H12BrClO2/c1-2-3-4-11-7(10)6(9)5-8/h6H,2-5H2,1H3. The molecule has 0 aromatic heterocycles. The van der Waals surface area contributed by atoms with Crippen molar-refractivity contribution in [3.8, 4) is 0 Å². The van der Waals surface area contributed by atoms with Crippen LogP contribution in [0.4, 0.5) is 0 Å². The molecule has 0 aromatic carbocycles. The van der Waals surface area contributed by atoms with Crippen LogP contribution in [0.1, 0.15) is 19.8 Å². The van der Waals surface area contributed by atoms with Crippen molar-refractivity contribution in [1.29, 1.82) is 0 Å². The summed E-state index contributed by atoms with van der Waals surface area (Å²) in [7, 11) is 0. The van der Waals surface area contributed by atoms with Gasteiger partial charge in [0.2, 0.25) is 0 Å². The van der Waals surface area contributed by atoms with Crippen molar-refractivity contribution in [3.05, 3.63) is 0 Å². The maximum absolute atomic E-state index is 10.9. The van der Waals surface area contributed by atoms with Gasteiger partial charge in [0, 0.05) is 5.33 Å². The minimum atomic E-state index is -0.549. The summed E-state index contributed by atoms with van der Waals surface area (Å²) >= 11 is 8.66. The Labute approximate surface area is 80.4 Å². The summed E-state index contributed by atoms with van der Waals surface area (Å²) in [6, 6.07) is 0. The molecule has 1 atom stereocenters. The van der Waals surface area contributed by atoms with Crippen molar-refractivity contribution in [2.75, 3.05) is 11.9 Å². The quantitative estimate of drug-likeness (QED) is 0.421. The van der Waals surface area contributed by atoms with E-state index in [0.29, 0.717) is 11.9 Å². The number of halogens is 2. The van der Waals surface area contributed by atoms with Crippen molar-refractivity contribution in [2.24, 2.45) is 0 Å². The fourth-order valence-corrected chi connectivity index (χ4v) is 0.798. The average Bonchev–Trinajstić information content (AvgIpc) is 2.03. The summed E-state index contributed by atoms with van der Waals surface area (Å²) in [5.74, 6) is -0.336. The number of unbranched alkanes of at least 4 members (excludes halogenated alkanes) is 1. The smallest absolute Gasteiger partial charge is 0.324 e. The Kier molecular flexibility index (Phi) is 7.07. The lowest BCUT2D eigenvalue weighted by molar-refractivity contribution is -0.142. The van der Waals surface area contributed by atoms with Gasteiger partial charge in [-0.1, -0.05) is 29.3 Å². The molecule has 0 radical (unpaired) electrons. The van der Waals surface area contributed by atoms with Gasteiger partial charge in [0.1, 0.15) is 5.38 Å².